The molecular weight excluding hydrogens is 268 g/mol. The lowest BCUT2D eigenvalue weighted by Gasteiger charge is -2.37. The fourth-order valence-electron chi connectivity index (χ4n) is 3.60. The summed E-state index contributed by atoms with van der Waals surface area (Å²) in [7, 11) is 1.64. The maximum atomic E-state index is 12.8. The van der Waals surface area contributed by atoms with Crippen LogP contribution in [0.3, 0.4) is 0 Å². The van der Waals surface area contributed by atoms with Crippen molar-refractivity contribution in [3.05, 3.63) is 0 Å². The lowest BCUT2D eigenvalue weighted by atomic mass is 9.97. The van der Waals surface area contributed by atoms with Crippen molar-refractivity contribution in [1.29, 1.82) is 0 Å². The van der Waals surface area contributed by atoms with Crippen molar-refractivity contribution in [2.24, 2.45) is 5.92 Å². The molecule has 2 fully saturated rings. The van der Waals surface area contributed by atoms with Gasteiger partial charge in [0.25, 0.3) is 0 Å². The van der Waals surface area contributed by atoms with Crippen molar-refractivity contribution in [1.82, 2.24) is 9.80 Å². The van der Waals surface area contributed by atoms with Gasteiger partial charge in [-0.15, -0.1) is 0 Å². The summed E-state index contributed by atoms with van der Waals surface area (Å²) in [6, 6.07) is 0.412. The summed E-state index contributed by atoms with van der Waals surface area (Å²) < 4.78 is 5.12. The molecule has 0 spiro atoms. The van der Waals surface area contributed by atoms with Crippen molar-refractivity contribution < 1.29 is 14.3 Å². The van der Waals surface area contributed by atoms with Gasteiger partial charge in [0.1, 0.15) is 0 Å². The number of likely N-dealkylation sites (tertiary alicyclic amines) is 2. The number of rotatable bonds is 5. The maximum Gasteiger partial charge on any atom is 0.228 e. The minimum atomic E-state index is -0.163. The Kier molecular flexibility index (Phi) is 5.62. The summed E-state index contributed by atoms with van der Waals surface area (Å²) in [5, 5.41) is 0. The highest BCUT2D eigenvalue weighted by Gasteiger charge is 2.40. The molecule has 0 N–H and O–H groups in total. The molecule has 0 aromatic heterocycles. The van der Waals surface area contributed by atoms with E-state index in [2.05, 4.69) is 6.92 Å². The first-order valence-electron chi connectivity index (χ1n) is 8.17. The molecule has 5 nitrogen and oxygen atoms in total. The first kappa shape index (κ1) is 16.3. The van der Waals surface area contributed by atoms with Gasteiger partial charge in [0.2, 0.25) is 11.8 Å². The smallest absolute Gasteiger partial charge is 0.228 e. The highest BCUT2D eigenvalue weighted by atomic mass is 16.5. The van der Waals surface area contributed by atoms with Crippen LogP contribution in [0.2, 0.25) is 0 Å². The average Bonchev–Trinajstić information content (AvgIpc) is 2.88. The number of hydrogen-bond donors (Lipinski definition) is 0. The van der Waals surface area contributed by atoms with Crippen molar-refractivity contribution in [3.8, 4) is 0 Å². The standard InChI is InChI=1S/C16H28N2O3/c1-4-14-7-5-6-8-17(14)16(20)13-9-15(19)18(10-13)12(2)11-21-3/h12-14H,4-11H2,1-3H3/t12-,13+,14+/m0/s1. The van der Waals surface area contributed by atoms with E-state index in [4.69, 9.17) is 4.74 Å². The summed E-state index contributed by atoms with van der Waals surface area (Å²) in [6.45, 7) is 6.05. The van der Waals surface area contributed by atoms with E-state index in [1.807, 2.05) is 11.8 Å². The van der Waals surface area contributed by atoms with E-state index in [9.17, 15) is 9.59 Å². The molecule has 2 rings (SSSR count). The van der Waals surface area contributed by atoms with E-state index in [1.165, 1.54) is 6.42 Å². The maximum absolute atomic E-state index is 12.8. The Hall–Kier alpha value is -1.10. The van der Waals surface area contributed by atoms with E-state index in [0.717, 1.165) is 25.8 Å². The van der Waals surface area contributed by atoms with E-state index in [-0.39, 0.29) is 23.8 Å². The van der Waals surface area contributed by atoms with Gasteiger partial charge >= 0.3 is 0 Å². The molecule has 0 aromatic carbocycles. The molecule has 2 heterocycles. The molecule has 2 aliphatic heterocycles. The lowest BCUT2D eigenvalue weighted by Crippen LogP contribution is -2.47. The molecule has 0 radical (unpaired) electrons. The van der Waals surface area contributed by atoms with Gasteiger partial charge < -0.3 is 14.5 Å². The number of amides is 2. The molecule has 0 aromatic rings. The van der Waals surface area contributed by atoms with Crippen LogP contribution in [0.25, 0.3) is 0 Å². The van der Waals surface area contributed by atoms with E-state index >= 15 is 0 Å². The topological polar surface area (TPSA) is 49.9 Å². The van der Waals surface area contributed by atoms with Gasteiger partial charge in [0, 0.05) is 32.7 Å². The normalized spacial score (nSPS) is 28.0. The van der Waals surface area contributed by atoms with E-state index in [0.29, 0.717) is 25.6 Å². The fourth-order valence-corrected chi connectivity index (χ4v) is 3.60. The minimum Gasteiger partial charge on any atom is -0.383 e. The first-order valence-corrected chi connectivity index (χ1v) is 8.17. The largest absolute Gasteiger partial charge is 0.383 e. The summed E-state index contributed by atoms with van der Waals surface area (Å²) in [4.78, 5) is 28.7. The van der Waals surface area contributed by atoms with Crippen molar-refractivity contribution in [3.63, 3.8) is 0 Å². The van der Waals surface area contributed by atoms with E-state index in [1.54, 1.807) is 12.0 Å². The number of methoxy groups -OCH3 is 1. The molecule has 120 valence electrons. The van der Waals surface area contributed by atoms with Crippen LogP contribution in [0.5, 0.6) is 0 Å². The molecule has 5 heteroatoms. The molecule has 0 aliphatic carbocycles. The lowest BCUT2D eigenvalue weighted by molar-refractivity contribution is -0.139. The Morgan fingerprint density at radius 2 is 2.19 bits per heavy atom. The highest BCUT2D eigenvalue weighted by molar-refractivity contribution is 5.89. The van der Waals surface area contributed by atoms with Crippen LogP contribution >= 0.6 is 0 Å². The third-order valence-corrected chi connectivity index (χ3v) is 4.83. The number of nitrogens with zero attached hydrogens (tertiary/aromatic N) is 2. The summed E-state index contributed by atoms with van der Waals surface area (Å²) >= 11 is 0. The minimum absolute atomic E-state index is 0.0450. The Labute approximate surface area is 127 Å². The molecule has 3 atom stereocenters. The van der Waals surface area contributed by atoms with Gasteiger partial charge in [0.05, 0.1) is 18.6 Å². The van der Waals surface area contributed by atoms with Crippen LogP contribution in [-0.2, 0) is 14.3 Å². The van der Waals surface area contributed by atoms with Gasteiger partial charge in [-0.25, -0.2) is 0 Å². The molecule has 2 aliphatic rings. The monoisotopic (exact) mass is 296 g/mol. The molecule has 2 amide bonds. The van der Waals surface area contributed by atoms with E-state index < -0.39 is 0 Å². The summed E-state index contributed by atoms with van der Waals surface area (Å²) in [5.74, 6) is 0.105. The van der Waals surface area contributed by atoms with Gasteiger partial charge in [-0.2, -0.15) is 0 Å². The molecule has 0 unspecified atom stereocenters. The first-order chi connectivity index (χ1) is 10.1. The predicted octanol–water partition coefficient (Wildman–Crippen LogP) is 1.66. The average molecular weight is 296 g/mol. The Balaban J connectivity index is 1.99. The van der Waals surface area contributed by atoms with Crippen LogP contribution in [-0.4, -0.2) is 60.5 Å². The molecular formula is C16H28N2O3. The fraction of sp³-hybridized carbons (Fsp3) is 0.875. The molecule has 2 saturated heterocycles. The number of hydrogen-bond acceptors (Lipinski definition) is 3. The van der Waals surface area contributed by atoms with Crippen LogP contribution in [0.15, 0.2) is 0 Å². The second-order valence-corrected chi connectivity index (χ2v) is 6.34. The van der Waals surface area contributed by atoms with Crippen molar-refractivity contribution in [2.45, 2.75) is 58.0 Å². The van der Waals surface area contributed by atoms with Crippen LogP contribution < -0.4 is 0 Å². The zero-order valence-corrected chi connectivity index (χ0v) is 13.5. The van der Waals surface area contributed by atoms with Crippen molar-refractivity contribution >= 4 is 11.8 Å². The quantitative estimate of drug-likeness (QED) is 0.775. The second-order valence-electron chi connectivity index (χ2n) is 6.34. The zero-order chi connectivity index (χ0) is 15.4. The van der Waals surface area contributed by atoms with Crippen LogP contribution in [0.1, 0.15) is 46.0 Å². The Morgan fingerprint density at radius 3 is 2.86 bits per heavy atom. The predicted molar refractivity (Wildman–Crippen MR) is 80.8 cm³/mol. The number of carbonyl (C=O) groups is 2. The summed E-state index contributed by atoms with van der Waals surface area (Å²) in [5.41, 5.74) is 0. The SMILES string of the molecule is CC[C@@H]1CCCCN1C(=O)[C@@H]1CC(=O)N([C@@H](C)COC)C1. The van der Waals surface area contributed by atoms with Crippen LogP contribution in [0, 0.1) is 5.92 Å². The Bertz CT molecular complexity index is 386. The van der Waals surface area contributed by atoms with Crippen LogP contribution in [0.4, 0.5) is 0 Å². The zero-order valence-electron chi connectivity index (χ0n) is 13.5. The summed E-state index contributed by atoms with van der Waals surface area (Å²) in [6.07, 6.45) is 4.78. The molecule has 21 heavy (non-hydrogen) atoms. The number of carbonyl (C=O) groups excluding carboxylic acids is 2. The number of ether oxygens (including phenoxy) is 1. The van der Waals surface area contributed by atoms with Gasteiger partial charge in [-0.3, -0.25) is 9.59 Å². The van der Waals surface area contributed by atoms with Gasteiger partial charge in [0.15, 0.2) is 0 Å². The molecule has 0 bridgehead atoms. The number of piperidine rings is 1. The Morgan fingerprint density at radius 1 is 1.43 bits per heavy atom. The third-order valence-electron chi connectivity index (χ3n) is 4.83. The van der Waals surface area contributed by atoms with Crippen molar-refractivity contribution in [2.75, 3.05) is 26.8 Å². The third kappa shape index (κ3) is 3.57. The highest BCUT2D eigenvalue weighted by Crippen LogP contribution is 2.27. The van der Waals surface area contributed by atoms with Gasteiger partial charge in [-0.1, -0.05) is 6.92 Å². The van der Waals surface area contributed by atoms with Gasteiger partial charge in [-0.05, 0) is 32.6 Å². The second kappa shape index (κ2) is 7.25. The molecule has 0 saturated carbocycles.